The molecular weight excluding hydrogens is 358 g/mol. The number of hydrazone groups is 1. The Bertz CT molecular complexity index is 891. The molecule has 1 unspecified atom stereocenters. The molecule has 0 N–H and O–H groups in total. The predicted octanol–water partition coefficient (Wildman–Crippen LogP) is 3.52. The second-order valence-corrected chi connectivity index (χ2v) is 8.57. The molecule has 5 nitrogen and oxygen atoms in total. The maximum absolute atomic E-state index is 12.2. The molecule has 2 aromatic rings. The van der Waals surface area contributed by atoms with Gasteiger partial charge in [-0.15, -0.1) is 0 Å². The van der Waals surface area contributed by atoms with Gasteiger partial charge >= 0.3 is 0 Å². The van der Waals surface area contributed by atoms with Gasteiger partial charge in [-0.05, 0) is 35.4 Å². The molecule has 0 bridgehead atoms. The van der Waals surface area contributed by atoms with Crippen molar-refractivity contribution in [2.75, 3.05) is 25.3 Å². The zero-order chi connectivity index (χ0) is 18.2. The molecule has 0 aromatic heterocycles. The lowest BCUT2D eigenvalue weighted by Gasteiger charge is -2.22. The maximum Gasteiger partial charge on any atom is 0.247 e. The Balaban J connectivity index is 1.95. The first kappa shape index (κ1) is 17.8. The largest absolute Gasteiger partial charge is 0.378 e. The fraction of sp³-hybridized carbons (Fsp3) is 0.278. The summed E-state index contributed by atoms with van der Waals surface area (Å²) in [5.41, 5.74) is 3.60. The Hall–Kier alpha value is -2.05. The Kier molecular flexibility index (Phi) is 4.75. The highest BCUT2D eigenvalue weighted by molar-refractivity contribution is 7.88. The van der Waals surface area contributed by atoms with E-state index in [0.717, 1.165) is 22.5 Å². The lowest BCUT2D eigenvalue weighted by atomic mass is 9.99. The standard InChI is InChI=1S/C18H20ClN3O2S/c1-21(2)16-10-6-14(7-11-16)18-12-17(20-22(18)25(3,23)24)13-4-8-15(19)9-5-13/h4-11,18H,12H2,1-3H3. The van der Waals surface area contributed by atoms with Crippen molar-refractivity contribution in [1.82, 2.24) is 4.41 Å². The van der Waals surface area contributed by atoms with Crippen LogP contribution in [-0.4, -0.2) is 38.9 Å². The molecule has 3 rings (SSSR count). The lowest BCUT2D eigenvalue weighted by Crippen LogP contribution is -2.26. The highest BCUT2D eigenvalue weighted by atomic mass is 35.5. The third-order valence-corrected chi connectivity index (χ3v) is 5.45. The van der Waals surface area contributed by atoms with E-state index in [4.69, 9.17) is 11.6 Å². The lowest BCUT2D eigenvalue weighted by molar-refractivity contribution is 0.375. The third-order valence-electron chi connectivity index (χ3n) is 4.18. The van der Waals surface area contributed by atoms with Crippen molar-refractivity contribution < 1.29 is 8.42 Å². The van der Waals surface area contributed by atoms with Crippen LogP contribution in [0.15, 0.2) is 53.6 Å². The number of sulfonamides is 1. The second kappa shape index (κ2) is 6.69. The molecule has 0 amide bonds. The molecule has 25 heavy (non-hydrogen) atoms. The number of hydrogen-bond donors (Lipinski definition) is 0. The smallest absolute Gasteiger partial charge is 0.247 e. The SMILES string of the molecule is CN(C)c1ccc(C2CC(c3ccc(Cl)cc3)=NN2S(C)(=O)=O)cc1. The number of nitrogens with zero attached hydrogens (tertiary/aromatic N) is 3. The van der Waals surface area contributed by atoms with E-state index in [1.165, 1.54) is 10.7 Å². The zero-order valence-corrected chi connectivity index (χ0v) is 15.9. The second-order valence-electron chi connectivity index (χ2n) is 6.30. The van der Waals surface area contributed by atoms with Crippen molar-refractivity contribution in [1.29, 1.82) is 0 Å². The van der Waals surface area contributed by atoms with Gasteiger partial charge in [0.25, 0.3) is 0 Å². The van der Waals surface area contributed by atoms with Crippen LogP contribution in [0.5, 0.6) is 0 Å². The van der Waals surface area contributed by atoms with Crippen LogP contribution in [0.25, 0.3) is 0 Å². The van der Waals surface area contributed by atoms with Gasteiger partial charge in [-0.2, -0.15) is 9.52 Å². The Morgan fingerprint density at radius 3 is 2.20 bits per heavy atom. The molecule has 7 heteroatoms. The van der Waals surface area contributed by atoms with Gasteiger partial charge in [0.15, 0.2) is 0 Å². The van der Waals surface area contributed by atoms with E-state index in [1.54, 1.807) is 12.1 Å². The molecule has 0 saturated carbocycles. The number of rotatable bonds is 4. The van der Waals surface area contributed by atoms with Gasteiger partial charge in [-0.1, -0.05) is 35.9 Å². The van der Waals surface area contributed by atoms with Crippen LogP contribution < -0.4 is 4.90 Å². The van der Waals surface area contributed by atoms with E-state index in [9.17, 15) is 8.42 Å². The minimum atomic E-state index is -3.47. The van der Waals surface area contributed by atoms with Crippen LogP contribution in [0.2, 0.25) is 5.02 Å². The van der Waals surface area contributed by atoms with Crippen molar-refractivity contribution in [3.8, 4) is 0 Å². The van der Waals surface area contributed by atoms with E-state index >= 15 is 0 Å². The molecule has 0 fully saturated rings. The monoisotopic (exact) mass is 377 g/mol. The average Bonchev–Trinajstić information content (AvgIpc) is 3.01. The van der Waals surface area contributed by atoms with Crippen molar-refractivity contribution in [2.45, 2.75) is 12.5 Å². The van der Waals surface area contributed by atoms with Gasteiger partial charge in [0, 0.05) is 31.2 Å². The summed E-state index contributed by atoms with van der Waals surface area (Å²) in [4.78, 5) is 2.00. The zero-order valence-electron chi connectivity index (χ0n) is 14.3. The summed E-state index contributed by atoms with van der Waals surface area (Å²) < 4.78 is 25.6. The number of hydrogen-bond acceptors (Lipinski definition) is 4. The van der Waals surface area contributed by atoms with Gasteiger partial charge in [0.1, 0.15) is 0 Å². The Labute approximate surface area is 153 Å². The molecule has 1 aliphatic heterocycles. The molecular formula is C18H20ClN3O2S. The fourth-order valence-corrected chi connectivity index (χ4v) is 3.89. The minimum Gasteiger partial charge on any atom is -0.378 e. The van der Waals surface area contributed by atoms with Gasteiger partial charge in [0.2, 0.25) is 10.0 Å². The number of benzene rings is 2. The van der Waals surface area contributed by atoms with Crippen molar-refractivity contribution in [3.63, 3.8) is 0 Å². The molecule has 1 heterocycles. The van der Waals surface area contributed by atoms with Gasteiger partial charge < -0.3 is 4.90 Å². The van der Waals surface area contributed by atoms with Crippen LogP contribution >= 0.6 is 11.6 Å². The summed E-state index contributed by atoms with van der Waals surface area (Å²) in [7, 11) is 0.469. The van der Waals surface area contributed by atoms with E-state index in [1.807, 2.05) is 55.4 Å². The fourth-order valence-electron chi connectivity index (χ4n) is 2.85. The minimum absolute atomic E-state index is 0.336. The van der Waals surface area contributed by atoms with Crippen LogP contribution in [0.1, 0.15) is 23.6 Å². The van der Waals surface area contributed by atoms with Crippen LogP contribution in [0.4, 0.5) is 5.69 Å². The van der Waals surface area contributed by atoms with Gasteiger partial charge in [-0.25, -0.2) is 8.42 Å². The van der Waals surface area contributed by atoms with Crippen LogP contribution in [0, 0.1) is 0 Å². The first-order valence-electron chi connectivity index (χ1n) is 7.86. The molecule has 0 saturated heterocycles. The number of halogens is 1. The van der Waals surface area contributed by atoms with Crippen LogP contribution in [0.3, 0.4) is 0 Å². The first-order valence-corrected chi connectivity index (χ1v) is 10.1. The highest BCUT2D eigenvalue weighted by Crippen LogP contribution is 2.35. The summed E-state index contributed by atoms with van der Waals surface area (Å²) in [6, 6.07) is 14.8. The van der Waals surface area contributed by atoms with Gasteiger partial charge in [0.05, 0.1) is 18.0 Å². The topological polar surface area (TPSA) is 53.0 Å². The molecule has 132 valence electrons. The molecule has 1 aliphatic rings. The predicted molar refractivity (Wildman–Crippen MR) is 103 cm³/mol. The quantitative estimate of drug-likeness (QED) is 0.819. The normalized spacial score (nSPS) is 17.5. The van der Waals surface area contributed by atoms with E-state index in [2.05, 4.69) is 5.10 Å². The van der Waals surface area contributed by atoms with Crippen molar-refractivity contribution in [2.24, 2.45) is 5.10 Å². The maximum atomic E-state index is 12.2. The summed E-state index contributed by atoms with van der Waals surface area (Å²) in [5, 5.41) is 5.02. The average molecular weight is 378 g/mol. The van der Waals surface area contributed by atoms with Crippen LogP contribution in [-0.2, 0) is 10.0 Å². The highest BCUT2D eigenvalue weighted by Gasteiger charge is 2.34. The Morgan fingerprint density at radius 1 is 1.08 bits per heavy atom. The molecule has 2 aromatic carbocycles. The summed E-state index contributed by atoms with van der Waals surface area (Å²) in [6.07, 6.45) is 1.71. The van der Waals surface area contributed by atoms with Crippen molar-refractivity contribution in [3.05, 3.63) is 64.7 Å². The summed E-state index contributed by atoms with van der Waals surface area (Å²) in [6.45, 7) is 0. The van der Waals surface area contributed by atoms with E-state index in [0.29, 0.717) is 11.4 Å². The van der Waals surface area contributed by atoms with E-state index < -0.39 is 10.0 Å². The first-order chi connectivity index (χ1) is 11.8. The Morgan fingerprint density at radius 2 is 1.68 bits per heavy atom. The van der Waals surface area contributed by atoms with Crippen molar-refractivity contribution >= 4 is 33.0 Å². The van der Waals surface area contributed by atoms with E-state index in [-0.39, 0.29) is 6.04 Å². The van der Waals surface area contributed by atoms with Gasteiger partial charge in [-0.3, -0.25) is 0 Å². The molecule has 0 spiro atoms. The summed E-state index contributed by atoms with van der Waals surface area (Å²) >= 11 is 5.93. The molecule has 0 radical (unpaired) electrons. The number of anilines is 1. The third kappa shape index (κ3) is 3.80. The summed E-state index contributed by atoms with van der Waals surface area (Å²) in [5.74, 6) is 0. The molecule has 0 aliphatic carbocycles. The molecule has 1 atom stereocenters.